The largest absolute Gasteiger partial charge is 0.313 e. The molecular weight excluding hydrogens is 208 g/mol. The first-order valence-electron chi connectivity index (χ1n) is 7.50. The van der Waals surface area contributed by atoms with Crippen molar-refractivity contribution in [2.45, 2.75) is 58.4 Å². The van der Waals surface area contributed by atoms with Crippen LogP contribution in [0.4, 0.5) is 0 Å². The minimum absolute atomic E-state index is 0.566. The van der Waals surface area contributed by atoms with Crippen LogP contribution < -0.4 is 5.32 Å². The first-order valence-corrected chi connectivity index (χ1v) is 7.50. The Morgan fingerprint density at radius 1 is 1.18 bits per heavy atom. The van der Waals surface area contributed by atoms with Crippen molar-refractivity contribution in [3.63, 3.8) is 0 Å². The summed E-state index contributed by atoms with van der Waals surface area (Å²) in [7, 11) is 2.29. The molecule has 2 aliphatic rings. The summed E-state index contributed by atoms with van der Waals surface area (Å²) in [5.74, 6) is 0.905. The molecule has 17 heavy (non-hydrogen) atoms. The third-order valence-corrected chi connectivity index (χ3v) is 4.76. The zero-order chi connectivity index (χ0) is 12.3. The summed E-state index contributed by atoms with van der Waals surface area (Å²) in [4.78, 5) is 2.53. The molecule has 0 aromatic heterocycles. The minimum Gasteiger partial charge on any atom is -0.313 e. The van der Waals surface area contributed by atoms with Crippen LogP contribution in [0.2, 0.25) is 0 Å². The van der Waals surface area contributed by atoms with Gasteiger partial charge >= 0.3 is 0 Å². The van der Waals surface area contributed by atoms with Crippen molar-refractivity contribution >= 4 is 0 Å². The van der Waals surface area contributed by atoms with E-state index < -0.39 is 0 Å². The first-order chi connectivity index (χ1) is 8.08. The van der Waals surface area contributed by atoms with E-state index in [0.29, 0.717) is 5.41 Å². The lowest BCUT2D eigenvalue weighted by Gasteiger charge is -2.40. The summed E-state index contributed by atoms with van der Waals surface area (Å²) in [5.41, 5.74) is 0.566. The van der Waals surface area contributed by atoms with E-state index in [1.54, 1.807) is 0 Å². The molecule has 0 saturated heterocycles. The predicted molar refractivity (Wildman–Crippen MR) is 74.3 cm³/mol. The van der Waals surface area contributed by atoms with Crippen LogP contribution in [0.25, 0.3) is 0 Å². The highest BCUT2D eigenvalue weighted by Gasteiger charge is 2.32. The normalized spacial score (nSPS) is 28.6. The van der Waals surface area contributed by atoms with Crippen LogP contribution in [-0.2, 0) is 0 Å². The van der Waals surface area contributed by atoms with Gasteiger partial charge < -0.3 is 10.2 Å². The maximum Gasteiger partial charge on any atom is 0.0104 e. The van der Waals surface area contributed by atoms with Crippen molar-refractivity contribution in [2.75, 3.05) is 26.7 Å². The van der Waals surface area contributed by atoms with Gasteiger partial charge in [-0.15, -0.1) is 0 Å². The van der Waals surface area contributed by atoms with Gasteiger partial charge in [0.1, 0.15) is 0 Å². The maximum atomic E-state index is 3.60. The van der Waals surface area contributed by atoms with E-state index in [-0.39, 0.29) is 0 Å². The molecule has 2 saturated carbocycles. The van der Waals surface area contributed by atoms with Crippen LogP contribution in [0.15, 0.2) is 0 Å². The summed E-state index contributed by atoms with van der Waals surface area (Å²) in [6.07, 6.45) is 8.55. The van der Waals surface area contributed by atoms with E-state index in [2.05, 4.69) is 31.1 Å². The van der Waals surface area contributed by atoms with Gasteiger partial charge in [-0.05, 0) is 44.1 Å². The zero-order valence-corrected chi connectivity index (χ0v) is 12.0. The molecule has 0 aromatic rings. The van der Waals surface area contributed by atoms with Gasteiger partial charge in [-0.2, -0.15) is 0 Å². The summed E-state index contributed by atoms with van der Waals surface area (Å²) in [6, 6.07) is 0.856. The van der Waals surface area contributed by atoms with Gasteiger partial charge in [-0.1, -0.05) is 26.7 Å². The molecule has 100 valence electrons. The van der Waals surface area contributed by atoms with Crippen molar-refractivity contribution in [3.05, 3.63) is 0 Å². The van der Waals surface area contributed by atoms with Gasteiger partial charge in [0.15, 0.2) is 0 Å². The standard InChI is InChI=1S/C15H30N2/c1-15(2)9-5-4-6-13(15)12-17(3)11-10-16-14-7-8-14/h13-14,16H,4-12H2,1-3H3. The maximum absolute atomic E-state index is 3.60. The number of hydrogen-bond acceptors (Lipinski definition) is 2. The highest BCUT2D eigenvalue weighted by molar-refractivity contribution is 4.85. The second-order valence-corrected chi connectivity index (χ2v) is 6.92. The van der Waals surface area contributed by atoms with Gasteiger partial charge in [0, 0.05) is 25.7 Å². The molecule has 2 aliphatic carbocycles. The van der Waals surface area contributed by atoms with Crippen LogP contribution in [0.3, 0.4) is 0 Å². The Labute approximate surface area is 107 Å². The Morgan fingerprint density at radius 3 is 2.59 bits per heavy atom. The smallest absolute Gasteiger partial charge is 0.0104 e. The molecule has 2 heteroatoms. The fourth-order valence-corrected chi connectivity index (χ4v) is 3.12. The highest BCUT2D eigenvalue weighted by atomic mass is 15.1. The molecule has 0 aliphatic heterocycles. The lowest BCUT2D eigenvalue weighted by molar-refractivity contribution is 0.0999. The van der Waals surface area contributed by atoms with E-state index >= 15 is 0 Å². The highest BCUT2D eigenvalue weighted by Crippen LogP contribution is 2.40. The average Bonchev–Trinajstić information content (AvgIpc) is 3.05. The second-order valence-electron chi connectivity index (χ2n) is 6.92. The summed E-state index contributed by atoms with van der Waals surface area (Å²) < 4.78 is 0. The molecule has 0 bridgehead atoms. The molecule has 2 rings (SSSR count). The summed E-state index contributed by atoms with van der Waals surface area (Å²) in [5, 5.41) is 3.60. The molecule has 1 atom stereocenters. The molecule has 0 radical (unpaired) electrons. The van der Waals surface area contributed by atoms with Crippen molar-refractivity contribution in [1.82, 2.24) is 10.2 Å². The third-order valence-electron chi connectivity index (χ3n) is 4.76. The van der Waals surface area contributed by atoms with Crippen LogP contribution >= 0.6 is 0 Å². The van der Waals surface area contributed by atoms with Gasteiger partial charge in [-0.25, -0.2) is 0 Å². The number of hydrogen-bond donors (Lipinski definition) is 1. The van der Waals surface area contributed by atoms with Crippen molar-refractivity contribution in [3.8, 4) is 0 Å². The molecule has 2 nitrogen and oxygen atoms in total. The van der Waals surface area contributed by atoms with Gasteiger partial charge in [0.2, 0.25) is 0 Å². The Hall–Kier alpha value is -0.0800. The SMILES string of the molecule is CN(CCNC1CC1)CC1CCCCC1(C)C. The minimum atomic E-state index is 0.566. The molecular formula is C15H30N2. The zero-order valence-electron chi connectivity index (χ0n) is 12.0. The van der Waals surface area contributed by atoms with E-state index in [4.69, 9.17) is 0 Å². The second kappa shape index (κ2) is 5.71. The fourth-order valence-electron chi connectivity index (χ4n) is 3.12. The Morgan fingerprint density at radius 2 is 1.94 bits per heavy atom. The van der Waals surface area contributed by atoms with Gasteiger partial charge in [0.05, 0.1) is 0 Å². The number of nitrogens with one attached hydrogen (secondary N) is 1. The van der Waals surface area contributed by atoms with Crippen LogP contribution in [0, 0.1) is 11.3 Å². The van der Waals surface area contributed by atoms with Crippen LogP contribution in [0.1, 0.15) is 52.4 Å². The van der Waals surface area contributed by atoms with Crippen LogP contribution in [0.5, 0.6) is 0 Å². The average molecular weight is 238 g/mol. The molecule has 0 aromatic carbocycles. The summed E-state index contributed by atoms with van der Waals surface area (Å²) >= 11 is 0. The topological polar surface area (TPSA) is 15.3 Å². The molecule has 1 N–H and O–H groups in total. The predicted octanol–water partition coefficient (Wildman–Crippen LogP) is 2.89. The number of nitrogens with zero attached hydrogens (tertiary/aromatic N) is 1. The van der Waals surface area contributed by atoms with E-state index in [1.807, 2.05) is 0 Å². The van der Waals surface area contributed by atoms with Crippen molar-refractivity contribution < 1.29 is 0 Å². The number of likely N-dealkylation sites (N-methyl/N-ethyl adjacent to an activating group) is 1. The molecule has 0 heterocycles. The van der Waals surface area contributed by atoms with E-state index in [9.17, 15) is 0 Å². The molecule has 0 amide bonds. The quantitative estimate of drug-likeness (QED) is 0.765. The van der Waals surface area contributed by atoms with Gasteiger partial charge in [-0.3, -0.25) is 0 Å². The Balaban J connectivity index is 1.66. The van der Waals surface area contributed by atoms with E-state index in [1.165, 1.54) is 58.2 Å². The molecule has 2 fully saturated rings. The molecule has 1 unspecified atom stereocenters. The monoisotopic (exact) mass is 238 g/mol. The Bertz CT molecular complexity index is 233. The van der Waals surface area contributed by atoms with E-state index in [0.717, 1.165) is 12.0 Å². The fraction of sp³-hybridized carbons (Fsp3) is 1.00. The van der Waals surface area contributed by atoms with Crippen LogP contribution in [-0.4, -0.2) is 37.6 Å². The third kappa shape index (κ3) is 4.26. The van der Waals surface area contributed by atoms with Gasteiger partial charge in [0.25, 0.3) is 0 Å². The number of rotatable bonds is 6. The van der Waals surface area contributed by atoms with Crippen molar-refractivity contribution in [2.24, 2.45) is 11.3 Å². The molecule has 0 spiro atoms. The lowest BCUT2D eigenvalue weighted by atomic mass is 9.69. The Kier molecular flexibility index (Phi) is 4.48. The van der Waals surface area contributed by atoms with Crippen molar-refractivity contribution in [1.29, 1.82) is 0 Å². The first kappa shape index (κ1) is 13.4. The summed E-state index contributed by atoms with van der Waals surface area (Å²) in [6.45, 7) is 8.61. The lowest BCUT2D eigenvalue weighted by Crippen LogP contribution is -2.39.